The van der Waals surface area contributed by atoms with Crippen LogP contribution in [-0.2, 0) is 0 Å². The van der Waals surface area contributed by atoms with Crippen LogP contribution in [-0.4, -0.2) is 24.3 Å². The van der Waals surface area contributed by atoms with E-state index in [9.17, 15) is 14.3 Å². The fourth-order valence-electron chi connectivity index (χ4n) is 1.63. The smallest absolute Gasteiger partial charge is 0.271 e. The van der Waals surface area contributed by atoms with Gasteiger partial charge in [-0.2, -0.15) is 5.10 Å². The second-order valence-corrected chi connectivity index (χ2v) is 4.10. The van der Waals surface area contributed by atoms with E-state index in [1.165, 1.54) is 37.6 Å². The Morgan fingerprint density at radius 3 is 2.67 bits per heavy atom. The molecule has 5 nitrogen and oxygen atoms in total. The molecular formula is C15H13FN2O3. The number of ether oxygens (including phenoxy) is 1. The first-order valence-corrected chi connectivity index (χ1v) is 6.06. The predicted molar refractivity (Wildman–Crippen MR) is 76.1 cm³/mol. The van der Waals surface area contributed by atoms with Crippen molar-refractivity contribution >= 4 is 12.1 Å². The van der Waals surface area contributed by atoms with Crippen molar-refractivity contribution < 1.29 is 19.0 Å². The monoisotopic (exact) mass is 288 g/mol. The largest absolute Gasteiger partial charge is 0.504 e. The molecule has 2 aromatic rings. The van der Waals surface area contributed by atoms with Gasteiger partial charge in [0.05, 0.1) is 13.3 Å². The van der Waals surface area contributed by atoms with Crippen LogP contribution in [0.15, 0.2) is 47.6 Å². The molecule has 6 heteroatoms. The van der Waals surface area contributed by atoms with Crippen molar-refractivity contribution in [3.63, 3.8) is 0 Å². The summed E-state index contributed by atoms with van der Waals surface area (Å²) in [5, 5.41) is 13.6. The quantitative estimate of drug-likeness (QED) is 0.670. The molecule has 0 fully saturated rings. The molecule has 108 valence electrons. The molecule has 0 spiro atoms. The minimum atomic E-state index is -0.478. The van der Waals surface area contributed by atoms with E-state index in [-0.39, 0.29) is 11.3 Å². The summed E-state index contributed by atoms with van der Waals surface area (Å²) in [4.78, 5) is 11.7. The maximum Gasteiger partial charge on any atom is 0.271 e. The molecule has 1 amide bonds. The van der Waals surface area contributed by atoms with Gasteiger partial charge >= 0.3 is 0 Å². The number of phenolic OH excluding ortho intramolecular Hbond substituents is 1. The summed E-state index contributed by atoms with van der Waals surface area (Å²) < 4.78 is 17.7. The topological polar surface area (TPSA) is 70.9 Å². The van der Waals surface area contributed by atoms with Gasteiger partial charge in [0.2, 0.25) is 0 Å². The molecule has 0 heterocycles. The van der Waals surface area contributed by atoms with Gasteiger partial charge in [-0.05, 0) is 36.4 Å². The van der Waals surface area contributed by atoms with Crippen LogP contribution in [0.2, 0.25) is 0 Å². The number of hydrazone groups is 1. The van der Waals surface area contributed by atoms with Gasteiger partial charge in [0, 0.05) is 11.1 Å². The number of para-hydroxylation sites is 1. The van der Waals surface area contributed by atoms with Crippen LogP contribution in [0, 0.1) is 5.82 Å². The van der Waals surface area contributed by atoms with Crippen LogP contribution < -0.4 is 10.2 Å². The lowest BCUT2D eigenvalue weighted by molar-refractivity contribution is 0.0955. The summed E-state index contributed by atoms with van der Waals surface area (Å²) in [5.74, 6) is -0.659. The van der Waals surface area contributed by atoms with Crippen molar-refractivity contribution in [1.82, 2.24) is 5.43 Å². The standard InChI is InChI=1S/C15H13FN2O3/c1-21-13-4-2-3-11(14(13)19)9-17-18-15(20)10-5-7-12(16)8-6-10/h2-9,19H,1H3,(H,18,20). The van der Waals surface area contributed by atoms with Crippen molar-refractivity contribution in [1.29, 1.82) is 0 Å². The molecule has 21 heavy (non-hydrogen) atoms. The number of aromatic hydroxyl groups is 1. The van der Waals surface area contributed by atoms with Crippen LogP contribution in [0.3, 0.4) is 0 Å². The van der Waals surface area contributed by atoms with Gasteiger partial charge in [-0.25, -0.2) is 9.82 Å². The van der Waals surface area contributed by atoms with Gasteiger partial charge < -0.3 is 9.84 Å². The van der Waals surface area contributed by atoms with E-state index in [2.05, 4.69) is 10.5 Å². The molecule has 0 radical (unpaired) electrons. The molecule has 0 unspecified atom stereocenters. The summed E-state index contributed by atoms with van der Waals surface area (Å²) in [7, 11) is 1.44. The number of hydrogen-bond acceptors (Lipinski definition) is 4. The van der Waals surface area contributed by atoms with Gasteiger partial charge in [-0.3, -0.25) is 4.79 Å². The molecule has 2 aromatic carbocycles. The van der Waals surface area contributed by atoms with Crippen LogP contribution in [0.4, 0.5) is 4.39 Å². The van der Waals surface area contributed by atoms with E-state index in [1.54, 1.807) is 18.2 Å². The van der Waals surface area contributed by atoms with Gasteiger partial charge in [0.15, 0.2) is 11.5 Å². The molecule has 0 bridgehead atoms. The van der Waals surface area contributed by atoms with Crippen molar-refractivity contribution in [2.75, 3.05) is 7.11 Å². The SMILES string of the molecule is COc1cccc(C=NNC(=O)c2ccc(F)cc2)c1O. The highest BCUT2D eigenvalue weighted by Crippen LogP contribution is 2.27. The number of rotatable bonds is 4. The number of benzene rings is 2. The number of halogens is 1. The number of hydrogen-bond donors (Lipinski definition) is 2. The predicted octanol–water partition coefficient (Wildman–Crippen LogP) is 2.30. The number of carbonyl (C=O) groups is 1. The Bertz CT molecular complexity index is 669. The Morgan fingerprint density at radius 1 is 1.29 bits per heavy atom. The van der Waals surface area contributed by atoms with Gasteiger partial charge in [0.1, 0.15) is 5.82 Å². The molecule has 0 aliphatic carbocycles. The number of methoxy groups -OCH3 is 1. The molecule has 0 aliphatic rings. The lowest BCUT2D eigenvalue weighted by Gasteiger charge is -2.05. The third-order valence-corrected chi connectivity index (χ3v) is 2.73. The van der Waals surface area contributed by atoms with Gasteiger partial charge in [-0.1, -0.05) is 6.07 Å². The second-order valence-electron chi connectivity index (χ2n) is 4.10. The van der Waals surface area contributed by atoms with Crippen LogP contribution in [0.5, 0.6) is 11.5 Å². The lowest BCUT2D eigenvalue weighted by atomic mass is 10.2. The molecular weight excluding hydrogens is 275 g/mol. The fourth-order valence-corrected chi connectivity index (χ4v) is 1.63. The molecule has 2 rings (SSSR count). The fraction of sp³-hybridized carbons (Fsp3) is 0.0667. The summed E-state index contributed by atoms with van der Waals surface area (Å²) in [6.45, 7) is 0. The molecule has 0 aromatic heterocycles. The third-order valence-electron chi connectivity index (χ3n) is 2.73. The van der Waals surface area contributed by atoms with E-state index in [4.69, 9.17) is 4.74 Å². The first kappa shape index (κ1) is 14.5. The normalized spacial score (nSPS) is 10.6. The summed E-state index contributed by atoms with van der Waals surface area (Å²) >= 11 is 0. The zero-order chi connectivity index (χ0) is 15.2. The zero-order valence-corrected chi connectivity index (χ0v) is 11.2. The Balaban J connectivity index is 2.05. The number of amides is 1. The first-order chi connectivity index (χ1) is 10.1. The number of nitrogens with zero attached hydrogens (tertiary/aromatic N) is 1. The highest BCUT2D eigenvalue weighted by atomic mass is 19.1. The summed E-state index contributed by atoms with van der Waals surface area (Å²) in [6, 6.07) is 9.97. The van der Waals surface area contributed by atoms with Crippen molar-refractivity contribution in [2.24, 2.45) is 5.10 Å². The van der Waals surface area contributed by atoms with Crippen LogP contribution in [0.1, 0.15) is 15.9 Å². The van der Waals surface area contributed by atoms with E-state index in [0.29, 0.717) is 11.3 Å². The van der Waals surface area contributed by atoms with Crippen molar-refractivity contribution in [2.45, 2.75) is 0 Å². The first-order valence-electron chi connectivity index (χ1n) is 6.06. The number of carbonyl (C=O) groups excluding carboxylic acids is 1. The minimum Gasteiger partial charge on any atom is -0.504 e. The van der Waals surface area contributed by atoms with E-state index < -0.39 is 11.7 Å². The van der Waals surface area contributed by atoms with E-state index >= 15 is 0 Å². The van der Waals surface area contributed by atoms with E-state index in [0.717, 1.165) is 0 Å². The Labute approximate surface area is 120 Å². The average Bonchev–Trinajstić information content (AvgIpc) is 2.49. The minimum absolute atomic E-state index is 0.0696. The summed E-state index contributed by atoms with van der Waals surface area (Å²) in [6.07, 6.45) is 1.29. The van der Waals surface area contributed by atoms with Crippen LogP contribution >= 0.6 is 0 Å². The Morgan fingerprint density at radius 2 is 2.00 bits per heavy atom. The number of phenols is 1. The van der Waals surface area contributed by atoms with Gasteiger partial charge in [-0.15, -0.1) is 0 Å². The maximum atomic E-state index is 12.7. The Hall–Kier alpha value is -2.89. The molecule has 0 atom stereocenters. The average molecular weight is 288 g/mol. The van der Waals surface area contributed by atoms with Crippen LogP contribution in [0.25, 0.3) is 0 Å². The van der Waals surface area contributed by atoms with Gasteiger partial charge in [0.25, 0.3) is 5.91 Å². The van der Waals surface area contributed by atoms with Crippen molar-refractivity contribution in [3.8, 4) is 11.5 Å². The highest BCUT2D eigenvalue weighted by molar-refractivity contribution is 5.95. The lowest BCUT2D eigenvalue weighted by Crippen LogP contribution is -2.17. The summed E-state index contributed by atoms with van der Waals surface area (Å²) in [5.41, 5.74) is 2.97. The molecule has 0 aliphatic heterocycles. The Kier molecular flexibility index (Phi) is 4.50. The highest BCUT2D eigenvalue weighted by Gasteiger charge is 2.06. The molecule has 0 saturated carbocycles. The molecule has 2 N–H and O–H groups in total. The maximum absolute atomic E-state index is 12.7. The zero-order valence-electron chi connectivity index (χ0n) is 11.2. The van der Waals surface area contributed by atoms with Crippen molar-refractivity contribution in [3.05, 3.63) is 59.4 Å². The third kappa shape index (κ3) is 3.56. The second kappa shape index (κ2) is 6.51. The number of nitrogens with one attached hydrogen (secondary N) is 1. The van der Waals surface area contributed by atoms with E-state index in [1.807, 2.05) is 0 Å². The molecule has 0 saturated heterocycles.